The van der Waals surface area contributed by atoms with Crippen LogP contribution in [0.5, 0.6) is 5.75 Å². The predicted octanol–water partition coefficient (Wildman–Crippen LogP) is 2.33. The molecule has 2 N–H and O–H groups in total. The van der Waals surface area contributed by atoms with Gasteiger partial charge in [0.15, 0.2) is 5.82 Å². The van der Waals surface area contributed by atoms with Crippen molar-refractivity contribution in [3.05, 3.63) is 46.1 Å². The Bertz CT molecular complexity index is 998. The average molecular weight is 355 g/mol. The van der Waals surface area contributed by atoms with E-state index in [1.165, 1.54) is 6.07 Å². The number of nitrogens with zero attached hydrogens (tertiary/aromatic N) is 4. The second-order valence-electron chi connectivity index (χ2n) is 6.43. The predicted molar refractivity (Wildman–Crippen MR) is 99.5 cm³/mol. The molecule has 3 aromatic rings. The van der Waals surface area contributed by atoms with Crippen LogP contribution in [0.4, 0.5) is 11.9 Å². The highest BCUT2D eigenvalue weighted by molar-refractivity contribution is 5.82. The van der Waals surface area contributed by atoms with Crippen LogP contribution in [0.1, 0.15) is 31.2 Å². The Labute approximate surface area is 150 Å². The maximum Gasteiger partial charge on any atom is 0.336 e. The maximum absolute atomic E-state index is 11.8. The number of fused-ring (bicyclic) bond motifs is 1. The first-order chi connectivity index (χ1) is 12.3. The monoisotopic (exact) mass is 355 g/mol. The van der Waals surface area contributed by atoms with E-state index in [0.29, 0.717) is 23.1 Å². The lowest BCUT2D eigenvalue weighted by Gasteiger charge is -2.12. The standard InChI is InChI=1S/C18H21N5O3/c1-10(2)13-8-16(24)26-14-7-11(5-6-12(13)14)25-9-15-20-17(19)22-18(21-15)23(3)4/h5-8,10H,9H2,1-4H3,(H2,19,20,21,22). The van der Waals surface area contributed by atoms with Crippen molar-refractivity contribution in [1.29, 1.82) is 0 Å². The normalized spacial score (nSPS) is 11.1. The van der Waals surface area contributed by atoms with Gasteiger partial charge in [0.05, 0.1) is 0 Å². The van der Waals surface area contributed by atoms with Crippen LogP contribution in [0.2, 0.25) is 0 Å². The summed E-state index contributed by atoms with van der Waals surface area (Å²) in [6.45, 7) is 4.19. The molecule has 0 aliphatic rings. The van der Waals surface area contributed by atoms with Crippen molar-refractivity contribution in [2.45, 2.75) is 26.4 Å². The molecule has 0 atom stereocenters. The van der Waals surface area contributed by atoms with Gasteiger partial charge < -0.3 is 19.8 Å². The van der Waals surface area contributed by atoms with Crippen molar-refractivity contribution in [2.75, 3.05) is 24.7 Å². The van der Waals surface area contributed by atoms with E-state index in [1.807, 2.05) is 40.1 Å². The molecule has 1 aromatic carbocycles. The lowest BCUT2D eigenvalue weighted by molar-refractivity contribution is 0.295. The highest BCUT2D eigenvalue weighted by atomic mass is 16.5. The zero-order chi connectivity index (χ0) is 18.8. The molecule has 2 heterocycles. The second-order valence-corrected chi connectivity index (χ2v) is 6.43. The minimum Gasteiger partial charge on any atom is -0.485 e. The van der Waals surface area contributed by atoms with Crippen LogP contribution < -0.4 is 21.0 Å². The Kier molecular flexibility index (Phi) is 4.75. The van der Waals surface area contributed by atoms with Crippen molar-refractivity contribution in [3.63, 3.8) is 0 Å². The van der Waals surface area contributed by atoms with E-state index in [1.54, 1.807) is 11.0 Å². The Morgan fingerprint density at radius 2 is 1.96 bits per heavy atom. The number of nitrogen functional groups attached to an aromatic ring is 1. The summed E-state index contributed by atoms with van der Waals surface area (Å²) in [7, 11) is 3.63. The van der Waals surface area contributed by atoms with Crippen LogP contribution in [0.3, 0.4) is 0 Å². The fourth-order valence-electron chi connectivity index (χ4n) is 2.57. The first-order valence-corrected chi connectivity index (χ1v) is 8.22. The second kappa shape index (κ2) is 6.99. The largest absolute Gasteiger partial charge is 0.485 e. The summed E-state index contributed by atoms with van der Waals surface area (Å²) < 4.78 is 11.1. The number of anilines is 2. The molecule has 0 bridgehead atoms. The molecule has 0 aliphatic heterocycles. The van der Waals surface area contributed by atoms with Crippen LogP contribution in [0.15, 0.2) is 33.5 Å². The van der Waals surface area contributed by atoms with Gasteiger partial charge in [0.2, 0.25) is 11.9 Å². The fourth-order valence-corrected chi connectivity index (χ4v) is 2.57. The van der Waals surface area contributed by atoms with Crippen LogP contribution in [-0.2, 0) is 6.61 Å². The van der Waals surface area contributed by atoms with E-state index in [4.69, 9.17) is 14.9 Å². The van der Waals surface area contributed by atoms with Crippen LogP contribution in [0, 0.1) is 0 Å². The van der Waals surface area contributed by atoms with Gasteiger partial charge >= 0.3 is 5.63 Å². The van der Waals surface area contributed by atoms with Crippen molar-refractivity contribution < 1.29 is 9.15 Å². The number of aromatic nitrogens is 3. The van der Waals surface area contributed by atoms with Crippen molar-refractivity contribution in [1.82, 2.24) is 15.0 Å². The number of ether oxygens (including phenoxy) is 1. The maximum atomic E-state index is 11.8. The molecule has 0 spiro atoms. The van der Waals surface area contributed by atoms with E-state index in [0.717, 1.165) is 10.9 Å². The van der Waals surface area contributed by atoms with Gasteiger partial charge in [0.1, 0.15) is 17.9 Å². The summed E-state index contributed by atoms with van der Waals surface area (Å²) in [4.78, 5) is 25.9. The molecule has 0 saturated heterocycles. The smallest absolute Gasteiger partial charge is 0.336 e. The van der Waals surface area contributed by atoms with Gasteiger partial charge in [0, 0.05) is 31.6 Å². The van der Waals surface area contributed by atoms with Gasteiger partial charge in [-0.3, -0.25) is 0 Å². The van der Waals surface area contributed by atoms with Gasteiger partial charge in [-0.2, -0.15) is 15.0 Å². The number of hydrogen-bond donors (Lipinski definition) is 1. The highest BCUT2D eigenvalue weighted by Gasteiger charge is 2.11. The molecule has 8 heteroatoms. The number of nitrogens with two attached hydrogens (primary N) is 1. The number of hydrogen-bond acceptors (Lipinski definition) is 8. The average Bonchev–Trinajstić information content (AvgIpc) is 2.58. The summed E-state index contributed by atoms with van der Waals surface area (Å²) in [6, 6.07) is 6.94. The van der Waals surface area contributed by atoms with Gasteiger partial charge in [-0.1, -0.05) is 13.8 Å². The Morgan fingerprint density at radius 3 is 2.65 bits per heavy atom. The highest BCUT2D eigenvalue weighted by Crippen LogP contribution is 2.27. The van der Waals surface area contributed by atoms with Gasteiger partial charge in [-0.25, -0.2) is 4.79 Å². The molecule has 0 radical (unpaired) electrons. The molecule has 0 unspecified atom stereocenters. The Balaban J connectivity index is 1.87. The zero-order valence-electron chi connectivity index (χ0n) is 15.2. The molecule has 0 saturated carbocycles. The lowest BCUT2D eigenvalue weighted by Crippen LogP contribution is -2.16. The van der Waals surface area contributed by atoms with Crippen molar-refractivity contribution in [3.8, 4) is 5.75 Å². The summed E-state index contributed by atoms with van der Waals surface area (Å²) in [5.74, 6) is 1.77. The summed E-state index contributed by atoms with van der Waals surface area (Å²) in [5.41, 5.74) is 6.77. The minimum atomic E-state index is -0.376. The summed E-state index contributed by atoms with van der Waals surface area (Å²) >= 11 is 0. The molecule has 3 rings (SSSR count). The van der Waals surface area contributed by atoms with E-state index >= 15 is 0 Å². The molecule has 26 heavy (non-hydrogen) atoms. The first-order valence-electron chi connectivity index (χ1n) is 8.22. The van der Waals surface area contributed by atoms with E-state index in [2.05, 4.69) is 15.0 Å². The van der Waals surface area contributed by atoms with Gasteiger partial charge in [0.25, 0.3) is 0 Å². The number of rotatable bonds is 5. The minimum absolute atomic E-state index is 0.118. The molecule has 0 amide bonds. The van der Waals surface area contributed by atoms with E-state index in [-0.39, 0.29) is 24.1 Å². The molecular weight excluding hydrogens is 334 g/mol. The number of benzene rings is 1. The van der Waals surface area contributed by atoms with E-state index in [9.17, 15) is 4.79 Å². The first kappa shape index (κ1) is 17.7. The lowest BCUT2D eigenvalue weighted by atomic mass is 10.00. The third kappa shape index (κ3) is 3.74. The van der Waals surface area contributed by atoms with Crippen LogP contribution >= 0.6 is 0 Å². The third-order valence-electron chi connectivity index (χ3n) is 3.83. The third-order valence-corrected chi connectivity index (χ3v) is 3.83. The molecule has 0 fully saturated rings. The summed E-state index contributed by atoms with van der Waals surface area (Å²) in [6.07, 6.45) is 0. The van der Waals surface area contributed by atoms with Gasteiger partial charge in [-0.15, -0.1) is 0 Å². The van der Waals surface area contributed by atoms with E-state index < -0.39 is 0 Å². The Hall–Kier alpha value is -3.16. The molecule has 8 nitrogen and oxygen atoms in total. The SMILES string of the molecule is CC(C)c1cc(=O)oc2cc(OCc3nc(N)nc(N(C)C)n3)ccc12. The molecule has 0 aliphatic carbocycles. The zero-order valence-corrected chi connectivity index (χ0v) is 15.2. The summed E-state index contributed by atoms with van der Waals surface area (Å²) in [5, 5.41) is 0.895. The van der Waals surface area contributed by atoms with Gasteiger partial charge in [-0.05, 0) is 23.6 Å². The molecule has 2 aromatic heterocycles. The fraction of sp³-hybridized carbons (Fsp3) is 0.333. The molecular formula is C18H21N5O3. The van der Waals surface area contributed by atoms with Crippen LogP contribution in [-0.4, -0.2) is 29.0 Å². The Morgan fingerprint density at radius 1 is 1.19 bits per heavy atom. The van der Waals surface area contributed by atoms with Crippen LogP contribution in [0.25, 0.3) is 11.0 Å². The quantitative estimate of drug-likeness (QED) is 0.695. The van der Waals surface area contributed by atoms with Crippen molar-refractivity contribution >= 4 is 22.9 Å². The molecule has 136 valence electrons. The topological polar surface area (TPSA) is 107 Å². The van der Waals surface area contributed by atoms with Crippen molar-refractivity contribution in [2.24, 2.45) is 0 Å².